The van der Waals surface area contributed by atoms with Gasteiger partial charge in [-0.2, -0.15) is 5.26 Å². The predicted octanol–water partition coefficient (Wildman–Crippen LogP) is 3.71. The third-order valence-electron chi connectivity index (χ3n) is 5.03. The van der Waals surface area contributed by atoms with E-state index in [0.717, 1.165) is 43.2 Å². The van der Waals surface area contributed by atoms with E-state index in [1.165, 1.54) is 0 Å². The van der Waals surface area contributed by atoms with E-state index in [1.54, 1.807) is 0 Å². The van der Waals surface area contributed by atoms with Crippen molar-refractivity contribution in [2.75, 3.05) is 6.54 Å². The summed E-state index contributed by atoms with van der Waals surface area (Å²) in [5.41, 5.74) is 1.53. The fourth-order valence-corrected chi connectivity index (χ4v) is 3.65. The Morgan fingerprint density at radius 3 is 2.00 bits per heavy atom. The van der Waals surface area contributed by atoms with Gasteiger partial charge in [0.15, 0.2) is 0 Å². The molecule has 0 aliphatic heterocycles. The molecule has 4 heteroatoms. The van der Waals surface area contributed by atoms with Gasteiger partial charge in [0.05, 0.1) is 18.7 Å². The summed E-state index contributed by atoms with van der Waals surface area (Å²) in [6, 6.07) is 22.5. The zero-order valence-corrected chi connectivity index (χ0v) is 14.9. The van der Waals surface area contributed by atoms with E-state index in [9.17, 15) is 10.1 Å². The standard InChI is InChI=1S/C22H25N3O/c23-17-22(14-8-3-9-15-22)25-20(26)16-24-21(18-10-4-1-5-11-18)19-12-6-2-7-13-19/h1-2,4-7,10-13,21,24H,3,8-9,14-16H2,(H,25,26). The SMILES string of the molecule is N#CC1(NC(=O)CNC(c2ccccc2)c2ccccc2)CCCCC1. The molecule has 1 aliphatic rings. The third-order valence-corrected chi connectivity index (χ3v) is 5.03. The van der Waals surface area contributed by atoms with Gasteiger partial charge in [-0.05, 0) is 24.0 Å². The van der Waals surface area contributed by atoms with E-state index in [0.29, 0.717) is 0 Å². The number of carbonyl (C=O) groups is 1. The average Bonchev–Trinajstić information content (AvgIpc) is 2.70. The lowest BCUT2D eigenvalue weighted by Crippen LogP contribution is -2.51. The third kappa shape index (κ3) is 4.50. The number of nitrogens with one attached hydrogen (secondary N) is 2. The van der Waals surface area contributed by atoms with E-state index in [-0.39, 0.29) is 18.5 Å². The molecule has 1 amide bonds. The zero-order valence-electron chi connectivity index (χ0n) is 14.9. The van der Waals surface area contributed by atoms with Crippen LogP contribution in [0.3, 0.4) is 0 Å². The molecule has 0 saturated heterocycles. The highest BCUT2D eigenvalue weighted by atomic mass is 16.2. The first-order chi connectivity index (χ1) is 12.7. The normalized spacial score (nSPS) is 16.0. The van der Waals surface area contributed by atoms with Crippen molar-refractivity contribution in [2.24, 2.45) is 0 Å². The Bertz CT molecular complexity index is 706. The van der Waals surface area contributed by atoms with Gasteiger partial charge in [-0.25, -0.2) is 0 Å². The van der Waals surface area contributed by atoms with Gasteiger partial charge in [0.25, 0.3) is 0 Å². The van der Waals surface area contributed by atoms with Crippen LogP contribution in [-0.2, 0) is 4.79 Å². The van der Waals surface area contributed by atoms with Gasteiger partial charge in [0.2, 0.25) is 5.91 Å². The van der Waals surface area contributed by atoms with Crippen LogP contribution in [0.2, 0.25) is 0 Å². The molecule has 0 radical (unpaired) electrons. The number of carbonyl (C=O) groups excluding carboxylic acids is 1. The number of rotatable bonds is 6. The monoisotopic (exact) mass is 347 g/mol. The van der Waals surface area contributed by atoms with Crippen molar-refractivity contribution in [3.05, 3.63) is 71.8 Å². The molecule has 0 bridgehead atoms. The van der Waals surface area contributed by atoms with Gasteiger partial charge in [-0.1, -0.05) is 79.9 Å². The molecule has 0 aromatic heterocycles. The Morgan fingerprint density at radius 2 is 1.50 bits per heavy atom. The van der Waals surface area contributed by atoms with Gasteiger partial charge in [0, 0.05) is 0 Å². The minimum Gasteiger partial charge on any atom is -0.337 e. The molecule has 0 spiro atoms. The Hall–Kier alpha value is -2.64. The van der Waals surface area contributed by atoms with Crippen molar-refractivity contribution in [3.63, 3.8) is 0 Å². The smallest absolute Gasteiger partial charge is 0.235 e. The van der Waals surface area contributed by atoms with Crippen LogP contribution in [0, 0.1) is 11.3 Å². The van der Waals surface area contributed by atoms with Gasteiger partial charge >= 0.3 is 0 Å². The molecule has 26 heavy (non-hydrogen) atoms. The van der Waals surface area contributed by atoms with Crippen LogP contribution < -0.4 is 10.6 Å². The Balaban J connectivity index is 1.68. The summed E-state index contributed by atoms with van der Waals surface area (Å²) in [5, 5.41) is 15.9. The second-order valence-electron chi connectivity index (χ2n) is 6.94. The lowest BCUT2D eigenvalue weighted by molar-refractivity contribution is -0.122. The van der Waals surface area contributed by atoms with E-state index < -0.39 is 5.54 Å². The van der Waals surface area contributed by atoms with Gasteiger partial charge < -0.3 is 5.32 Å². The summed E-state index contributed by atoms with van der Waals surface area (Å²) in [6.45, 7) is 0.178. The summed E-state index contributed by atoms with van der Waals surface area (Å²) in [5.74, 6) is -0.120. The molecule has 4 nitrogen and oxygen atoms in total. The minimum atomic E-state index is -0.688. The van der Waals surface area contributed by atoms with Crippen LogP contribution in [0.5, 0.6) is 0 Å². The Labute approximate surface area is 155 Å². The molecule has 1 aliphatic carbocycles. The molecule has 1 fully saturated rings. The quantitative estimate of drug-likeness (QED) is 0.837. The molecule has 0 heterocycles. The van der Waals surface area contributed by atoms with Crippen LogP contribution in [0.1, 0.15) is 49.3 Å². The highest BCUT2D eigenvalue weighted by Crippen LogP contribution is 2.27. The van der Waals surface area contributed by atoms with Crippen molar-refractivity contribution < 1.29 is 4.79 Å². The van der Waals surface area contributed by atoms with Gasteiger partial charge in [-0.15, -0.1) is 0 Å². The zero-order chi connectivity index (χ0) is 18.2. The first-order valence-corrected chi connectivity index (χ1v) is 9.28. The van der Waals surface area contributed by atoms with Gasteiger partial charge in [0.1, 0.15) is 5.54 Å². The molecular weight excluding hydrogens is 322 g/mol. The summed E-state index contributed by atoms with van der Waals surface area (Å²) in [7, 11) is 0. The second-order valence-corrected chi connectivity index (χ2v) is 6.94. The summed E-state index contributed by atoms with van der Waals surface area (Å²) < 4.78 is 0. The molecule has 1 saturated carbocycles. The maximum Gasteiger partial charge on any atom is 0.235 e. The maximum atomic E-state index is 12.5. The first kappa shape index (κ1) is 18.2. The first-order valence-electron chi connectivity index (χ1n) is 9.28. The largest absolute Gasteiger partial charge is 0.337 e. The molecule has 2 aromatic carbocycles. The van der Waals surface area contributed by atoms with E-state index in [1.807, 2.05) is 36.4 Å². The Morgan fingerprint density at radius 1 is 0.962 bits per heavy atom. The molecular formula is C22H25N3O. The molecule has 2 aromatic rings. The van der Waals surface area contributed by atoms with E-state index in [4.69, 9.17) is 0 Å². The van der Waals surface area contributed by atoms with E-state index in [2.05, 4.69) is 41.0 Å². The van der Waals surface area contributed by atoms with Crippen LogP contribution in [0.25, 0.3) is 0 Å². The van der Waals surface area contributed by atoms with Crippen molar-refractivity contribution in [1.29, 1.82) is 5.26 Å². The molecule has 0 atom stereocenters. The average molecular weight is 347 g/mol. The topological polar surface area (TPSA) is 64.9 Å². The number of nitriles is 1. The van der Waals surface area contributed by atoms with E-state index >= 15 is 0 Å². The summed E-state index contributed by atoms with van der Waals surface area (Å²) in [4.78, 5) is 12.5. The fourth-order valence-electron chi connectivity index (χ4n) is 3.65. The lowest BCUT2D eigenvalue weighted by Gasteiger charge is -2.31. The van der Waals surface area contributed by atoms with Crippen LogP contribution in [0.15, 0.2) is 60.7 Å². The summed E-state index contributed by atoms with van der Waals surface area (Å²) in [6.07, 6.45) is 4.63. The van der Waals surface area contributed by atoms with Gasteiger partial charge in [-0.3, -0.25) is 10.1 Å². The predicted molar refractivity (Wildman–Crippen MR) is 102 cm³/mol. The fraction of sp³-hybridized carbons (Fsp3) is 0.364. The second kappa shape index (κ2) is 8.64. The number of amides is 1. The lowest BCUT2D eigenvalue weighted by atomic mass is 9.83. The van der Waals surface area contributed by atoms with Crippen LogP contribution in [-0.4, -0.2) is 18.0 Å². The van der Waals surface area contributed by atoms with Crippen molar-refractivity contribution in [3.8, 4) is 6.07 Å². The molecule has 0 unspecified atom stereocenters. The van der Waals surface area contributed by atoms with Crippen molar-refractivity contribution in [2.45, 2.75) is 43.7 Å². The maximum absolute atomic E-state index is 12.5. The highest BCUT2D eigenvalue weighted by molar-refractivity contribution is 5.79. The molecule has 2 N–H and O–H groups in total. The number of hydrogen-bond acceptors (Lipinski definition) is 3. The van der Waals surface area contributed by atoms with Crippen molar-refractivity contribution in [1.82, 2.24) is 10.6 Å². The van der Waals surface area contributed by atoms with Crippen LogP contribution >= 0.6 is 0 Å². The summed E-state index contributed by atoms with van der Waals surface area (Å²) >= 11 is 0. The minimum absolute atomic E-state index is 0.0625. The molecule has 3 rings (SSSR count). The number of hydrogen-bond donors (Lipinski definition) is 2. The Kier molecular flexibility index (Phi) is 6.04. The number of nitrogens with zero attached hydrogens (tertiary/aromatic N) is 1. The van der Waals surface area contributed by atoms with Crippen LogP contribution in [0.4, 0.5) is 0 Å². The number of benzene rings is 2. The highest BCUT2D eigenvalue weighted by Gasteiger charge is 2.33. The van der Waals surface area contributed by atoms with Crippen molar-refractivity contribution >= 4 is 5.91 Å². The molecule has 134 valence electrons.